The fourth-order valence-corrected chi connectivity index (χ4v) is 0.753. The Bertz CT molecular complexity index is 175. The Morgan fingerprint density at radius 2 is 2.18 bits per heavy atom. The summed E-state index contributed by atoms with van der Waals surface area (Å²) in [7, 11) is 0. The van der Waals surface area contributed by atoms with Crippen LogP contribution in [0.15, 0.2) is 24.4 Å². The lowest BCUT2D eigenvalue weighted by Crippen LogP contribution is -2.35. The zero-order valence-electron chi connectivity index (χ0n) is 6.45. The number of rotatable bonds is 3. The van der Waals surface area contributed by atoms with Crippen LogP contribution in [-0.2, 0) is 0 Å². The first-order chi connectivity index (χ1) is 5.16. The average molecular weight is 171 g/mol. The Morgan fingerprint density at radius 3 is 2.64 bits per heavy atom. The fourth-order valence-electron chi connectivity index (χ4n) is 0.567. The number of hydrogen-bond acceptors (Lipinski definition) is 2. The van der Waals surface area contributed by atoms with Gasteiger partial charge in [-0.1, -0.05) is 12.2 Å². The Balaban J connectivity index is 3.67. The Hall–Kier alpha value is -1.03. The third-order valence-electron chi connectivity index (χ3n) is 0.992. The number of hydrogen-bond donors (Lipinski definition) is 3. The quantitative estimate of drug-likeness (QED) is 0.420. The first kappa shape index (κ1) is 9.97. The van der Waals surface area contributed by atoms with Crippen molar-refractivity contribution in [3.05, 3.63) is 24.4 Å². The summed E-state index contributed by atoms with van der Waals surface area (Å²) < 4.78 is 0. The topological polar surface area (TPSA) is 64.1 Å². The van der Waals surface area contributed by atoms with Crippen molar-refractivity contribution in [2.75, 3.05) is 0 Å². The molecule has 0 aliphatic carbocycles. The maximum absolute atomic E-state index is 5.24. The Morgan fingerprint density at radius 1 is 1.55 bits per heavy atom. The van der Waals surface area contributed by atoms with Crippen molar-refractivity contribution in [1.29, 1.82) is 0 Å². The van der Waals surface area contributed by atoms with E-state index < -0.39 is 0 Å². The summed E-state index contributed by atoms with van der Waals surface area (Å²) in [6.07, 6.45) is 6.93. The maximum atomic E-state index is 5.24. The van der Waals surface area contributed by atoms with Crippen LogP contribution >= 0.6 is 12.2 Å². The minimum atomic E-state index is 0.142. The maximum Gasteiger partial charge on any atom is 0.164 e. The van der Waals surface area contributed by atoms with Gasteiger partial charge < -0.3 is 16.8 Å². The van der Waals surface area contributed by atoms with Gasteiger partial charge in [-0.15, -0.1) is 0 Å². The van der Waals surface area contributed by atoms with Crippen LogP contribution in [0.25, 0.3) is 0 Å². The van der Waals surface area contributed by atoms with Gasteiger partial charge >= 0.3 is 0 Å². The van der Waals surface area contributed by atoms with Gasteiger partial charge in [-0.2, -0.15) is 0 Å². The molecule has 0 saturated carbocycles. The molecule has 0 aliphatic heterocycles. The highest BCUT2D eigenvalue weighted by Crippen LogP contribution is 1.84. The minimum absolute atomic E-state index is 0.142. The van der Waals surface area contributed by atoms with Crippen molar-refractivity contribution in [2.45, 2.75) is 13.0 Å². The van der Waals surface area contributed by atoms with Crippen LogP contribution in [0.4, 0.5) is 0 Å². The first-order valence-electron chi connectivity index (χ1n) is 3.28. The molecule has 0 aromatic carbocycles. The SMILES string of the molecule is CC(/C=C\C=C/N)NC(N)=S. The molecule has 0 rings (SSSR count). The summed E-state index contributed by atoms with van der Waals surface area (Å²) in [6, 6.07) is 0.142. The second-order valence-electron chi connectivity index (χ2n) is 2.07. The summed E-state index contributed by atoms with van der Waals surface area (Å²) >= 11 is 4.64. The number of thiocarbonyl (C=S) groups is 1. The second kappa shape index (κ2) is 5.73. The van der Waals surface area contributed by atoms with Crippen LogP contribution in [0.1, 0.15) is 6.92 Å². The van der Waals surface area contributed by atoms with Gasteiger partial charge in [0.05, 0.1) is 0 Å². The van der Waals surface area contributed by atoms with Crippen molar-refractivity contribution in [1.82, 2.24) is 5.32 Å². The molecule has 0 heterocycles. The highest BCUT2D eigenvalue weighted by molar-refractivity contribution is 7.80. The van der Waals surface area contributed by atoms with Gasteiger partial charge in [0.25, 0.3) is 0 Å². The van der Waals surface area contributed by atoms with E-state index in [1.54, 1.807) is 6.08 Å². The lowest BCUT2D eigenvalue weighted by atomic mass is 10.3. The number of nitrogens with two attached hydrogens (primary N) is 2. The largest absolute Gasteiger partial charge is 0.405 e. The van der Waals surface area contributed by atoms with Gasteiger partial charge in [0, 0.05) is 6.04 Å². The van der Waals surface area contributed by atoms with E-state index in [-0.39, 0.29) is 6.04 Å². The molecule has 0 saturated heterocycles. The zero-order valence-corrected chi connectivity index (χ0v) is 7.27. The fraction of sp³-hybridized carbons (Fsp3) is 0.286. The van der Waals surface area contributed by atoms with Crippen LogP contribution in [0.3, 0.4) is 0 Å². The monoisotopic (exact) mass is 171 g/mol. The van der Waals surface area contributed by atoms with Crippen molar-refractivity contribution >= 4 is 17.3 Å². The molecule has 11 heavy (non-hydrogen) atoms. The molecule has 0 fully saturated rings. The molecule has 62 valence electrons. The summed E-state index contributed by atoms with van der Waals surface area (Å²) in [5.74, 6) is 0. The van der Waals surface area contributed by atoms with E-state index in [4.69, 9.17) is 11.5 Å². The third-order valence-corrected chi connectivity index (χ3v) is 1.11. The molecule has 3 nitrogen and oxygen atoms in total. The molecule has 1 unspecified atom stereocenters. The molecule has 4 heteroatoms. The van der Waals surface area contributed by atoms with Crippen molar-refractivity contribution in [2.24, 2.45) is 11.5 Å². The zero-order chi connectivity index (χ0) is 8.69. The molecule has 0 aliphatic rings. The highest BCUT2D eigenvalue weighted by atomic mass is 32.1. The molecular formula is C7H13N3S. The molecule has 1 atom stereocenters. The molecule has 0 spiro atoms. The summed E-state index contributed by atoms with van der Waals surface area (Å²) in [5, 5.41) is 3.15. The summed E-state index contributed by atoms with van der Waals surface area (Å²) in [5.41, 5.74) is 10.4. The highest BCUT2D eigenvalue weighted by Gasteiger charge is 1.92. The van der Waals surface area contributed by atoms with Crippen LogP contribution in [0.5, 0.6) is 0 Å². The van der Waals surface area contributed by atoms with Crippen molar-refractivity contribution < 1.29 is 0 Å². The van der Waals surface area contributed by atoms with E-state index in [9.17, 15) is 0 Å². The van der Waals surface area contributed by atoms with Gasteiger partial charge in [0.15, 0.2) is 5.11 Å². The van der Waals surface area contributed by atoms with E-state index in [0.29, 0.717) is 5.11 Å². The second-order valence-corrected chi connectivity index (χ2v) is 2.51. The van der Waals surface area contributed by atoms with Crippen molar-refractivity contribution in [3.63, 3.8) is 0 Å². The predicted molar refractivity (Wildman–Crippen MR) is 51.9 cm³/mol. The Labute approximate surface area is 72.1 Å². The van der Waals surface area contributed by atoms with Crippen LogP contribution < -0.4 is 16.8 Å². The molecule has 0 amide bonds. The molecule has 0 aromatic heterocycles. The van der Waals surface area contributed by atoms with Gasteiger partial charge in [0.2, 0.25) is 0 Å². The molecule has 0 radical (unpaired) electrons. The van der Waals surface area contributed by atoms with E-state index in [2.05, 4.69) is 17.5 Å². The van der Waals surface area contributed by atoms with Crippen LogP contribution in [-0.4, -0.2) is 11.2 Å². The average Bonchev–Trinajstić information content (AvgIpc) is 1.86. The standard InChI is InChI=1S/C7H13N3S/c1-6(10-7(9)11)4-2-3-5-8/h2-6H,8H2,1H3,(H3,9,10,11)/b4-2-,5-3-. The van der Waals surface area contributed by atoms with E-state index in [0.717, 1.165) is 0 Å². The summed E-state index contributed by atoms with van der Waals surface area (Å²) in [6.45, 7) is 1.94. The number of nitrogens with one attached hydrogen (secondary N) is 1. The van der Waals surface area contributed by atoms with E-state index >= 15 is 0 Å². The first-order valence-corrected chi connectivity index (χ1v) is 3.68. The molecule has 0 bridgehead atoms. The third kappa shape index (κ3) is 6.86. The van der Waals surface area contributed by atoms with Crippen LogP contribution in [0.2, 0.25) is 0 Å². The molecular weight excluding hydrogens is 158 g/mol. The summed E-state index contributed by atoms with van der Waals surface area (Å²) in [4.78, 5) is 0. The van der Waals surface area contributed by atoms with Gasteiger partial charge in [-0.25, -0.2) is 0 Å². The van der Waals surface area contributed by atoms with Gasteiger partial charge in [-0.3, -0.25) is 0 Å². The van der Waals surface area contributed by atoms with Gasteiger partial charge in [-0.05, 0) is 31.4 Å². The molecule has 0 aromatic rings. The van der Waals surface area contributed by atoms with Gasteiger partial charge in [0.1, 0.15) is 0 Å². The number of allylic oxidation sites excluding steroid dienone is 2. The lowest BCUT2D eigenvalue weighted by molar-refractivity contribution is 0.809. The minimum Gasteiger partial charge on any atom is -0.405 e. The normalized spacial score (nSPS) is 13.9. The lowest BCUT2D eigenvalue weighted by Gasteiger charge is -2.06. The van der Waals surface area contributed by atoms with Crippen molar-refractivity contribution in [3.8, 4) is 0 Å². The van der Waals surface area contributed by atoms with E-state index in [1.807, 2.05) is 19.1 Å². The van der Waals surface area contributed by atoms with E-state index in [1.165, 1.54) is 6.20 Å². The van der Waals surface area contributed by atoms with Crippen LogP contribution in [0, 0.1) is 0 Å². The smallest absolute Gasteiger partial charge is 0.164 e. The predicted octanol–water partition coefficient (Wildman–Crippen LogP) is 0.237. The Kier molecular flexibility index (Phi) is 5.20. The molecule has 5 N–H and O–H groups in total.